The van der Waals surface area contributed by atoms with E-state index >= 15 is 0 Å². The van der Waals surface area contributed by atoms with Crippen LogP contribution in [0, 0.1) is 6.92 Å². The van der Waals surface area contributed by atoms with Crippen molar-refractivity contribution < 1.29 is 4.79 Å². The van der Waals surface area contributed by atoms with Crippen LogP contribution in [0.5, 0.6) is 0 Å². The van der Waals surface area contributed by atoms with E-state index in [1.165, 1.54) is 66.5 Å². The Morgan fingerprint density at radius 1 is 0.808 bits per heavy atom. The molecule has 26 heavy (non-hydrogen) atoms. The summed E-state index contributed by atoms with van der Waals surface area (Å²) in [7, 11) is 0. The van der Waals surface area contributed by atoms with Gasteiger partial charge in [-0.15, -0.1) is 0 Å². The molecule has 0 aromatic carbocycles. The van der Waals surface area contributed by atoms with Crippen molar-refractivity contribution in [2.75, 3.05) is 0 Å². The predicted molar refractivity (Wildman–Crippen MR) is 120 cm³/mol. The van der Waals surface area contributed by atoms with Crippen LogP contribution in [-0.4, -0.2) is 24.2 Å². The molecule has 0 fully saturated rings. The zero-order valence-corrected chi connectivity index (χ0v) is 21.2. The SMILES string of the molecule is CCC[CH2][Sn]([CH2]CCC)([CH2]CCC)[c]1cc2c(s1)-c1sc(C)cc1C2=O. The third kappa shape index (κ3) is 3.86. The molecule has 0 spiro atoms. The number of ketones is 1. The van der Waals surface area contributed by atoms with Gasteiger partial charge < -0.3 is 0 Å². The third-order valence-corrected chi connectivity index (χ3v) is 26.4. The normalized spacial score (nSPS) is 13.3. The summed E-state index contributed by atoms with van der Waals surface area (Å²) in [6.07, 6.45) is 8.04. The molecule has 3 rings (SSSR count). The minimum absolute atomic E-state index is 0.295. The van der Waals surface area contributed by atoms with E-state index in [1.807, 2.05) is 22.7 Å². The Morgan fingerprint density at radius 2 is 1.31 bits per heavy atom. The van der Waals surface area contributed by atoms with Crippen molar-refractivity contribution in [3.05, 3.63) is 28.1 Å². The summed E-state index contributed by atoms with van der Waals surface area (Å²) in [6.45, 7) is 9.11. The Labute approximate surface area is 171 Å². The van der Waals surface area contributed by atoms with Gasteiger partial charge in [0.05, 0.1) is 0 Å². The summed E-state index contributed by atoms with van der Waals surface area (Å²) >= 11 is 1.42. The van der Waals surface area contributed by atoms with Crippen molar-refractivity contribution >= 4 is 49.7 Å². The summed E-state index contributed by atoms with van der Waals surface area (Å²) in [4.78, 5) is 16.8. The Hall–Kier alpha value is -0.131. The molecular formula is C22H32OS2Sn. The first-order valence-electron chi connectivity index (χ1n) is 10.4. The van der Waals surface area contributed by atoms with Crippen LogP contribution in [0.25, 0.3) is 9.75 Å². The molecule has 2 heterocycles. The molecule has 0 atom stereocenters. The second-order valence-electron chi connectivity index (χ2n) is 7.87. The fourth-order valence-corrected chi connectivity index (χ4v) is 25.7. The first kappa shape index (κ1) is 20.6. The molecule has 142 valence electrons. The van der Waals surface area contributed by atoms with Crippen molar-refractivity contribution in [1.29, 1.82) is 0 Å². The molecule has 0 saturated heterocycles. The fourth-order valence-electron chi connectivity index (χ4n) is 4.28. The number of carbonyl (C=O) groups excluding carboxylic acids is 1. The van der Waals surface area contributed by atoms with Crippen molar-refractivity contribution in [3.63, 3.8) is 0 Å². The molecule has 0 N–H and O–H groups in total. The van der Waals surface area contributed by atoms with Gasteiger partial charge in [-0.25, -0.2) is 0 Å². The van der Waals surface area contributed by atoms with Crippen molar-refractivity contribution in [3.8, 4) is 9.75 Å². The van der Waals surface area contributed by atoms with Crippen LogP contribution in [0.15, 0.2) is 12.1 Å². The van der Waals surface area contributed by atoms with Gasteiger partial charge in [-0.2, -0.15) is 0 Å². The van der Waals surface area contributed by atoms with E-state index in [0.717, 1.165) is 11.1 Å². The average molecular weight is 495 g/mol. The van der Waals surface area contributed by atoms with Gasteiger partial charge >= 0.3 is 172 Å². The number of thiophene rings is 2. The third-order valence-electron chi connectivity index (χ3n) is 5.83. The second kappa shape index (κ2) is 8.91. The molecule has 4 heteroatoms. The Balaban J connectivity index is 2.02. The monoisotopic (exact) mass is 496 g/mol. The van der Waals surface area contributed by atoms with E-state index in [4.69, 9.17) is 0 Å². The van der Waals surface area contributed by atoms with Gasteiger partial charge in [-0.05, 0) is 0 Å². The molecule has 2 aromatic heterocycles. The van der Waals surface area contributed by atoms with Crippen molar-refractivity contribution in [1.82, 2.24) is 0 Å². The van der Waals surface area contributed by atoms with Crippen LogP contribution >= 0.6 is 22.7 Å². The zero-order chi connectivity index (χ0) is 18.7. The molecule has 0 unspecified atom stereocenters. The van der Waals surface area contributed by atoms with Gasteiger partial charge in [0.1, 0.15) is 0 Å². The first-order valence-corrected chi connectivity index (χ1v) is 19.5. The Kier molecular flexibility index (Phi) is 7.06. The second-order valence-corrected chi connectivity index (χ2v) is 24.3. The number of fused-ring (bicyclic) bond motifs is 3. The Morgan fingerprint density at radius 3 is 1.85 bits per heavy atom. The van der Waals surface area contributed by atoms with E-state index in [2.05, 4.69) is 39.8 Å². The molecule has 0 saturated carbocycles. The van der Waals surface area contributed by atoms with Crippen molar-refractivity contribution in [2.45, 2.75) is 79.5 Å². The zero-order valence-electron chi connectivity index (χ0n) is 16.7. The molecule has 0 aliphatic heterocycles. The van der Waals surface area contributed by atoms with Gasteiger partial charge in [-0.3, -0.25) is 0 Å². The van der Waals surface area contributed by atoms with Crippen LogP contribution in [-0.2, 0) is 0 Å². The van der Waals surface area contributed by atoms with Gasteiger partial charge in [0.25, 0.3) is 0 Å². The number of rotatable bonds is 10. The molecule has 1 nitrogen and oxygen atoms in total. The predicted octanol–water partition coefficient (Wildman–Crippen LogP) is 7.39. The van der Waals surface area contributed by atoms with Gasteiger partial charge in [0.15, 0.2) is 0 Å². The van der Waals surface area contributed by atoms with Crippen LogP contribution in [0.4, 0.5) is 0 Å². The summed E-state index contributed by atoms with van der Waals surface area (Å²) in [5, 5.41) is 0. The average Bonchev–Trinajstić information content (AvgIpc) is 3.29. The minimum atomic E-state index is -2.41. The summed E-state index contributed by atoms with van der Waals surface area (Å²) in [5.41, 5.74) is 2.01. The van der Waals surface area contributed by atoms with Gasteiger partial charge in [0.2, 0.25) is 0 Å². The van der Waals surface area contributed by atoms with Gasteiger partial charge in [-0.1, -0.05) is 0 Å². The van der Waals surface area contributed by atoms with E-state index in [-0.39, 0.29) is 0 Å². The summed E-state index contributed by atoms with van der Waals surface area (Å²) < 4.78 is 6.14. The topological polar surface area (TPSA) is 17.1 Å². The summed E-state index contributed by atoms with van der Waals surface area (Å²) in [5.74, 6) is 0.295. The molecule has 0 bridgehead atoms. The van der Waals surface area contributed by atoms with E-state index in [1.54, 1.807) is 2.89 Å². The van der Waals surface area contributed by atoms with Crippen LogP contribution < -0.4 is 2.89 Å². The maximum atomic E-state index is 12.9. The number of unbranched alkanes of at least 4 members (excludes halogenated alkanes) is 3. The number of hydrogen-bond acceptors (Lipinski definition) is 3. The molecule has 2 aromatic rings. The van der Waals surface area contributed by atoms with Crippen LogP contribution in [0.3, 0.4) is 0 Å². The number of carbonyl (C=O) groups is 1. The molecular weight excluding hydrogens is 463 g/mol. The molecule has 0 radical (unpaired) electrons. The molecule has 0 amide bonds. The quantitative estimate of drug-likeness (QED) is 0.268. The molecule has 1 aliphatic carbocycles. The Bertz CT molecular complexity index is 749. The standard InChI is InChI=1S/C10H5OS2.3C4H9.Sn/c1-5-4-7-8(11)6-2-3-12-9(6)10(7)13-5;3*1-3-4-2;/h2,4H,1H3;3*1,3-4H2,2H3;. The first-order chi connectivity index (χ1) is 12.6. The van der Waals surface area contributed by atoms with E-state index < -0.39 is 18.4 Å². The molecule has 1 aliphatic rings. The fraction of sp³-hybridized carbons (Fsp3) is 0.591. The number of aryl methyl sites for hydroxylation is 1. The van der Waals surface area contributed by atoms with Gasteiger partial charge in [0, 0.05) is 0 Å². The van der Waals surface area contributed by atoms with Crippen molar-refractivity contribution in [2.24, 2.45) is 0 Å². The number of hydrogen-bond donors (Lipinski definition) is 0. The van der Waals surface area contributed by atoms with Crippen LogP contribution in [0.2, 0.25) is 13.3 Å². The maximum absolute atomic E-state index is 12.9. The van der Waals surface area contributed by atoms with E-state index in [0.29, 0.717) is 5.78 Å². The van der Waals surface area contributed by atoms with Crippen LogP contribution in [0.1, 0.15) is 80.1 Å². The summed E-state index contributed by atoms with van der Waals surface area (Å²) in [6, 6.07) is 4.47. The van der Waals surface area contributed by atoms with E-state index in [9.17, 15) is 4.79 Å².